The highest BCUT2D eigenvalue weighted by atomic mass is 79.9. The van der Waals surface area contributed by atoms with Gasteiger partial charge in [0.2, 0.25) is 5.91 Å². The van der Waals surface area contributed by atoms with E-state index in [0.29, 0.717) is 13.0 Å². The number of unbranched alkanes of at least 4 members (excludes halogenated alkanes) is 2. The van der Waals surface area contributed by atoms with Crippen LogP contribution in [0, 0.1) is 6.92 Å². The number of benzene rings is 1. The molecule has 3 nitrogen and oxygen atoms in total. The zero-order valence-corrected chi connectivity index (χ0v) is 13.3. The molecule has 0 fully saturated rings. The maximum atomic E-state index is 11.6. The molecule has 0 spiro atoms. The van der Waals surface area contributed by atoms with Crippen molar-refractivity contribution in [1.29, 1.82) is 0 Å². The van der Waals surface area contributed by atoms with Gasteiger partial charge in [0.05, 0.1) is 0 Å². The lowest BCUT2D eigenvalue weighted by Gasteiger charge is -2.09. The Kier molecular flexibility index (Phi) is 7.56. The SMILES string of the molecule is CCCCCNC(=O)CCNc1ccc(C)cc1Br. The lowest BCUT2D eigenvalue weighted by molar-refractivity contribution is -0.120. The van der Waals surface area contributed by atoms with E-state index in [0.717, 1.165) is 23.1 Å². The van der Waals surface area contributed by atoms with Gasteiger partial charge < -0.3 is 10.6 Å². The molecular formula is C15H23BrN2O. The Morgan fingerprint density at radius 3 is 2.74 bits per heavy atom. The molecule has 106 valence electrons. The molecule has 2 N–H and O–H groups in total. The summed E-state index contributed by atoms with van der Waals surface area (Å²) < 4.78 is 1.04. The molecule has 0 bridgehead atoms. The molecule has 0 saturated heterocycles. The molecule has 0 heterocycles. The van der Waals surface area contributed by atoms with Crippen LogP contribution in [-0.2, 0) is 4.79 Å². The minimum atomic E-state index is 0.117. The van der Waals surface area contributed by atoms with Crippen molar-refractivity contribution in [2.75, 3.05) is 18.4 Å². The van der Waals surface area contributed by atoms with Crippen molar-refractivity contribution in [3.05, 3.63) is 28.2 Å². The number of aryl methyl sites for hydroxylation is 1. The van der Waals surface area contributed by atoms with Gasteiger partial charge in [-0.15, -0.1) is 0 Å². The van der Waals surface area contributed by atoms with Crippen LogP contribution in [0.5, 0.6) is 0 Å². The number of carbonyl (C=O) groups is 1. The number of nitrogens with one attached hydrogen (secondary N) is 2. The first-order chi connectivity index (χ1) is 9.13. The number of hydrogen-bond acceptors (Lipinski definition) is 2. The molecule has 0 radical (unpaired) electrons. The van der Waals surface area contributed by atoms with Crippen LogP contribution in [0.15, 0.2) is 22.7 Å². The maximum absolute atomic E-state index is 11.6. The Labute approximate surface area is 124 Å². The Morgan fingerprint density at radius 1 is 1.26 bits per heavy atom. The Morgan fingerprint density at radius 2 is 2.05 bits per heavy atom. The largest absolute Gasteiger partial charge is 0.384 e. The van der Waals surface area contributed by atoms with Gasteiger partial charge in [0.1, 0.15) is 0 Å². The predicted molar refractivity (Wildman–Crippen MR) is 84.5 cm³/mol. The van der Waals surface area contributed by atoms with Gasteiger partial charge in [0, 0.05) is 29.7 Å². The summed E-state index contributed by atoms with van der Waals surface area (Å²) in [5.74, 6) is 0.117. The van der Waals surface area contributed by atoms with Gasteiger partial charge >= 0.3 is 0 Å². The van der Waals surface area contributed by atoms with Crippen LogP contribution >= 0.6 is 15.9 Å². The van der Waals surface area contributed by atoms with Gasteiger partial charge in [0.15, 0.2) is 0 Å². The van der Waals surface area contributed by atoms with Gasteiger partial charge in [-0.1, -0.05) is 25.8 Å². The second kappa shape index (κ2) is 8.97. The summed E-state index contributed by atoms with van der Waals surface area (Å²) in [4.78, 5) is 11.6. The lowest BCUT2D eigenvalue weighted by atomic mass is 10.2. The molecule has 0 unspecified atom stereocenters. The van der Waals surface area contributed by atoms with Crippen LogP contribution in [-0.4, -0.2) is 19.0 Å². The zero-order valence-electron chi connectivity index (χ0n) is 11.8. The summed E-state index contributed by atoms with van der Waals surface area (Å²) in [5.41, 5.74) is 2.25. The third-order valence-corrected chi connectivity index (χ3v) is 3.55. The van der Waals surface area contributed by atoms with E-state index >= 15 is 0 Å². The lowest BCUT2D eigenvalue weighted by Crippen LogP contribution is -2.26. The molecule has 0 aliphatic heterocycles. The van der Waals surface area contributed by atoms with Gasteiger partial charge in [-0.3, -0.25) is 4.79 Å². The predicted octanol–water partition coefficient (Wildman–Crippen LogP) is 3.87. The van der Waals surface area contributed by atoms with E-state index < -0.39 is 0 Å². The second-order valence-corrected chi connectivity index (χ2v) is 5.57. The van der Waals surface area contributed by atoms with Gasteiger partial charge in [-0.2, -0.15) is 0 Å². The van der Waals surface area contributed by atoms with Crippen LogP contribution in [0.2, 0.25) is 0 Å². The topological polar surface area (TPSA) is 41.1 Å². The highest BCUT2D eigenvalue weighted by Gasteiger charge is 2.02. The summed E-state index contributed by atoms with van der Waals surface area (Å²) in [6.45, 7) is 5.66. The maximum Gasteiger partial charge on any atom is 0.221 e. The number of carbonyl (C=O) groups excluding carboxylic acids is 1. The minimum Gasteiger partial charge on any atom is -0.384 e. The fourth-order valence-electron chi connectivity index (χ4n) is 1.77. The molecule has 1 amide bonds. The van der Waals surface area contributed by atoms with E-state index in [4.69, 9.17) is 0 Å². The third-order valence-electron chi connectivity index (χ3n) is 2.89. The van der Waals surface area contributed by atoms with Gasteiger partial charge in [-0.25, -0.2) is 0 Å². The van der Waals surface area contributed by atoms with E-state index in [1.165, 1.54) is 18.4 Å². The van der Waals surface area contributed by atoms with Gasteiger partial charge in [0.25, 0.3) is 0 Å². The van der Waals surface area contributed by atoms with E-state index in [1.54, 1.807) is 0 Å². The summed E-state index contributed by atoms with van der Waals surface area (Å²) in [6, 6.07) is 6.14. The van der Waals surface area contributed by atoms with Crippen LogP contribution in [0.1, 0.15) is 38.2 Å². The molecule has 0 aromatic heterocycles. The molecule has 1 aromatic rings. The molecule has 0 aliphatic rings. The Bertz CT molecular complexity index is 407. The third kappa shape index (κ3) is 6.62. The molecule has 0 saturated carbocycles. The van der Waals surface area contributed by atoms with Crippen molar-refractivity contribution in [1.82, 2.24) is 5.32 Å². The van der Waals surface area contributed by atoms with E-state index in [9.17, 15) is 4.79 Å². The van der Waals surface area contributed by atoms with Crippen LogP contribution in [0.25, 0.3) is 0 Å². The molecule has 19 heavy (non-hydrogen) atoms. The highest BCUT2D eigenvalue weighted by molar-refractivity contribution is 9.10. The van der Waals surface area contributed by atoms with Crippen molar-refractivity contribution in [3.8, 4) is 0 Å². The zero-order chi connectivity index (χ0) is 14.1. The van der Waals surface area contributed by atoms with Crippen LogP contribution in [0.3, 0.4) is 0 Å². The molecule has 1 rings (SSSR count). The van der Waals surface area contributed by atoms with E-state index in [2.05, 4.69) is 52.5 Å². The Balaban J connectivity index is 2.20. The number of halogens is 1. The summed E-state index contributed by atoms with van der Waals surface area (Å²) in [7, 11) is 0. The molecule has 0 aliphatic carbocycles. The van der Waals surface area contributed by atoms with Crippen molar-refractivity contribution in [2.45, 2.75) is 39.5 Å². The molecular weight excluding hydrogens is 304 g/mol. The normalized spacial score (nSPS) is 10.3. The first kappa shape index (κ1) is 16.0. The summed E-state index contributed by atoms with van der Waals surface area (Å²) in [5, 5.41) is 6.20. The summed E-state index contributed by atoms with van der Waals surface area (Å²) in [6.07, 6.45) is 3.93. The molecule has 0 atom stereocenters. The molecule has 1 aromatic carbocycles. The fourth-order valence-corrected chi connectivity index (χ4v) is 2.40. The number of anilines is 1. The van der Waals surface area contributed by atoms with E-state index in [-0.39, 0.29) is 5.91 Å². The standard InChI is InChI=1S/C15H23BrN2O/c1-3-4-5-9-18-15(19)8-10-17-14-7-6-12(2)11-13(14)16/h6-7,11,17H,3-5,8-10H2,1-2H3,(H,18,19). The number of amides is 1. The van der Waals surface area contributed by atoms with Crippen molar-refractivity contribution in [2.24, 2.45) is 0 Å². The highest BCUT2D eigenvalue weighted by Crippen LogP contribution is 2.23. The Hall–Kier alpha value is -1.03. The average molecular weight is 327 g/mol. The summed E-state index contributed by atoms with van der Waals surface area (Å²) >= 11 is 3.51. The first-order valence-corrected chi connectivity index (χ1v) is 7.69. The minimum absolute atomic E-state index is 0.117. The van der Waals surface area contributed by atoms with Crippen molar-refractivity contribution in [3.63, 3.8) is 0 Å². The van der Waals surface area contributed by atoms with E-state index in [1.807, 2.05) is 6.07 Å². The van der Waals surface area contributed by atoms with Crippen molar-refractivity contribution >= 4 is 27.5 Å². The quantitative estimate of drug-likeness (QED) is 0.712. The smallest absolute Gasteiger partial charge is 0.221 e. The fraction of sp³-hybridized carbons (Fsp3) is 0.533. The first-order valence-electron chi connectivity index (χ1n) is 6.90. The monoisotopic (exact) mass is 326 g/mol. The van der Waals surface area contributed by atoms with Crippen molar-refractivity contribution < 1.29 is 4.79 Å². The number of rotatable bonds is 8. The second-order valence-electron chi connectivity index (χ2n) is 4.72. The number of hydrogen-bond donors (Lipinski definition) is 2. The van der Waals surface area contributed by atoms with Crippen LogP contribution < -0.4 is 10.6 Å². The van der Waals surface area contributed by atoms with Gasteiger partial charge in [-0.05, 0) is 47.0 Å². The molecule has 4 heteroatoms. The average Bonchev–Trinajstić information content (AvgIpc) is 2.37. The van der Waals surface area contributed by atoms with Crippen LogP contribution in [0.4, 0.5) is 5.69 Å².